The van der Waals surface area contributed by atoms with Gasteiger partial charge in [0.25, 0.3) is 11.5 Å². The first-order valence-corrected chi connectivity index (χ1v) is 8.06. The summed E-state index contributed by atoms with van der Waals surface area (Å²) < 4.78 is 2.28. The van der Waals surface area contributed by atoms with Crippen molar-refractivity contribution in [3.05, 3.63) is 68.8 Å². The van der Waals surface area contributed by atoms with Crippen molar-refractivity contribution >= 4 is 16.9 Å². The predicted molar refractivity (Wildman–Crippen MR) is 97.0 cm³/mol. The number of pyridine rings is 2. The van der Waals surface area contributed by atoms with Crippen molar-refractivity contribution in [1.82, 2.24) is 24.0 Å². The second kappa shape index (κ2) is 6.55. The molecule has 134 valence electrons. The molecular formula is C18H19N5O3. The summed E-state index contributed by atoms with van der Waals surface area (Å²) in [6.45, 7) is 1.90. The van der Waals surface area contributed by atoms with Crippen molar-refractivity contribution < 1.29 is 4.79 Å². The molecule has 0 aromatic carbocycles. The van der Waals surface area contributed by atoms with Crippen molar-refractivity contribution in [3.8, 4) is 0 Å². The number of carbonyl (C=O) groups is 1. The van der Waals surface area contributed by atoms with Crippen molar-refractivity contribution in [2.75, 3.05) is 7.05 Å². The van der Waals surface area contributed by atoms with Crippen LogP contribution < -0.4 is 11.2 Å². The minimum Gasteiger partial charge on any atom is -0.334 e. The van der Waals surface area contributed by atoms with Gasteiger partial charge in [0.05, 0.1) is 11.4 Å². The third kappa shape index (κ3) is 2.79. The lowest BCUT2D eigenvalue weighted by Crippen LogP contribution is -2.37. The highest BCUT2D eigenvalue weighted by Crippen LogP contribution is 2.20. The van der Waals surface area contributed by atoms with Crippen molar-refractivity contribution in [3.63, 3.8) is 0 Å². The van der Waals surface area contributed by atoms with E-state index >= 15 is 0 Å². The fraction of sp³-hybridized carbons (Fsp3) is 0.278. The Morgan fingerprint density at radius 1 is 1.08 bits per heavy atom. The molecule has 0 saturated heterocycles. The smallest absolute Gasteiger partial charge is 0.332 e. The maximum atomic E-state index is 12.8. The summed E-state index contributed by atoms with van der Waals surface area (Å²) in [6, 6.07) is 6.54. The van der Waals surface area contributed by atoms with Gasteiger partial charge in [0.1, 0.15) is 11.3 Å². The van der Waals surface area contributed by atoms with Crippen molar-refractivity contribution in [2.24, 2.45) is 14.1 Å². The van der Waals surface area contributed by atoms with Crippen LogP contribution in [0.3, 0.4) is 0 Å². The minimum absolute atomic E-state index is 0.171. The first-order chi connectivity index (χ1) is 12.3. The molecule has 8 nitrogen and oxygen atoms in total. The zero-order valence-corrected chi connectivity index (χ0v) is 15.0. The van der Waals surface area contributed by atoms with Crippen LogP contribution in [0.25, 0.3) is 11.0 Å². The van der Waals surface area contributed by atoms with E-state index in [2.05, 4.69) is 9.97 Å². The molecule has 3 aromatic rings. The fourth-order valence-electron chi connectivity index (χ4n) is 2.80. The van der Waals surface area contributed by atoms with Gasteiger partial charge in [-0.15, -0.1) is 0 Å². The fourth-order valence-corrected chi connectivity index (χ4v) is 2.80. The van der Waals surface area contributed by atoms with Crippen LogP contribution >= 0.6 is 0 Å². The van der Waals surface area contributed by atoms with Gasteiger partial charge in [0.2, 0.25) is 0 Å². The highest BCUT2D eigenvalue weighted by atomic mass is 16.2. The van der Waals surface area contributed by atoms with Crippen molar-refractivity contribution in [2.45, 2.75) is 13.0 Å². The Labute approximate surface area is 149 Å². The van der Waals surface area contributed by atoms with Gasteiger partial charge in [0.15, 0.2) is 0 Å². The van der Waals surface area contributed by atoms with E-state index in [1.807, 2.05) is 19.1 Å². The monoisotopic (exact) mass is 353 g/mol. The van der Waals surface area contributed by atoms with Crippen LogP contribution in [-0.2, 0) is 14.1 Å². The van der Waals surface area contributed by atoms with E-state index in [0.29, 0.717) is 0 Å². The molecule has 1 amide bonds. The summed E-state index contributed by atoms with van der Waals surface area (Å²) in [4.78, 5) is 47.0. The van der Waals surface area contributed by atoms with Gasteiger partial charge >= 0.3 is 5.69 Å². The second-order valence-corrected chi connectivity index (χ2v) is 6.15. The zero-order chi connectivity index (χ0) is 19.0. The molecular weight excluding hydrogens is 334 g/mol. The molecule has 3 aromatic heterocycles. The van der Waals surface area contributed by atoms with Crippen LogP contribution in [0.15, 0.2) is 46.2 Å². The number of amides is 1. The van der Waals surface area contributed by atoms with Crippen LogP contribution in [0.4, 0.5) is 0 Å². The van der Waals surface area contributed by atoms with E-state index < -0.39 is 11.2 Å². The Bertz CT molecular complexity index is 1100. The van der Waals surface area contributed by atoms with Crippen LogP contribution in [0, 0.1) is 0 Å². The zero-order valence-electron chi connectivity index (χ0n) is 15.0. The summed E-state index contributed by atoms with van der Waals surface area (Å²) >= 11 is 0. The van der Waals surface area contributed by atoms with Gasteiger partial charge in [-0.2, -0.15) is 0 Å². The van der Waals surface area contributed by atoms with Crippen LogP contribution in [-0.4, -0.2) is 37.0 Å². The van der Waals surface area contributed by atoms with E-state index in [4.69, 9.17) is 0 Å². The Hall–Kier alpha value is -3.29. The highest BCUT2D eigenvalue weighted by molar-refractivity contribution is 5.94. The van der Waals surface area contributed by atoms with E-state index in [-0.39, 0.29) is 28.7 Å². The maximum absolute atomic E-state index is 12.8. The number of rotatable bonds is 3. The van der Waals surface area contributed by atoms with E-state index in [1.165, 1.54) is 30.8 Å². The maximum Gasteiger partial charge on any atom is 0.332 e. The molecule has 1 atom stereocenters. The van der Waals surface area contributed by atoms with Gasteiger partial charge in [0, 0.05) is 33.5 Å². The summed E-state index contributed by atoms with van der Waals surface area (Å²) in [7, 11) is 4.62. The molecule has 0 unspecified atom stereocenters. The van der Waals surface area contributed by atoms with Crippen molar-refractivity contribution in [1.29, 1.82) is 0 Å². The third-order valence-corrected chi connectivity index (χ3v) is 4.61. The van der Waals surface area contributed by atoms with Gasteiger partial charge in [-0.25, -0.2) is 9.78 Å². The third-order valence-electron chi connectivity index (χ3n) is 4.61. The van der Waals surface area contributed by atoms with E-state index in [0.717, 1.165) is 10.1 Å². The molecule has 0 spiro atoms. The van der Waals surface area contributed by atoms with Gasteiger partial charge in [-0.3, -0.25) is 23.7 Å². The summed E-state index contributed by atoms with van der Waals surface area (Å²) in [5, 5.41) is 0.288. The van der Waals surface area contributed by atoms with Gasteiger partial charge in [-0.05, 0) is 36.8 Å². The molecule has 26 heavy (non-hydrogen) atoms. The number of fused-ring (bicyclic) bond motifs is 1. The molecule has 0 bridgehead atoms. The lowest BCUT2D eigenvalue weighted by molar-refractivity contribution is 0.0737. The number of aryl methyl sites for hydroxylation is 1. The molecule has 8 heteroatoms. The molecule has 3 heterocycles. The quantitative estimate of drug-likeness (QED) is 0.697. The van der Waals surface area contributed by atoms with Gasteiger partial charge in [-0.1, -0.05) is 0 Å². The topological polar surface area (TPSA) is 90.1 Å². The standard InChI is InChI=1S/C18H19N5O3/c1-11(12-7-9-19-10-8-12)21(2)17(25)14-6-5-13-15(20-14)22(3)18(26)23(4)16(13)24/h5-11H,1-4H3/t11-/m0/s1. The average molecular weight is 353 g/mol. The molecule has 0 fully saturated rings. The second-order valence-electron chi connectivity index (χ2n) is 6.15. The SMILES string of the molecule is C[C@@H](c1ccncc1)N(C)C(=O)c1ccc2c(=O)n(C)c(=O)n(C)c2n1. The lowest BCUT2D eigenvalue weighted by Gasteiger charge is -2.25. The summed E-state index contributed by atoms with van der Waals surface area (Å²) in [5.41, 5.74) is 0.377. The molecule has 0 aliphatic carbocycles. The first-order valence-electron chi connectivity index (χ1n) is 8.06. The number of aromatic nitrogens is 4. The van der Waals surface area contributed by atoms with Crippen LogP contribution in [0.2, 0.25) is 0 Å². The van der Waals surface area contributed by atoms with E-state index in [1.54, 1.807) is 24.3 Å². The van der Waals surface area contributed by atoms with Crippen LogP contribution in [0.5, 0.6) is 0 Å². The Kier molecular flexibility index (Phi) is 4.41. The predicted octanol–water partition coefficient (Wildman–Crippen LogP) is 0.860. The van der Waals surface area contributed by atoms with Gasteiger partial charge < -0.3 is 4.90 Å². The number of hydrogen-bond donors (Lipinski definition) is 0. The Balaban J connectivity index is 2.04. The van der Waals surface area contributed by atoms with Crippen LogP contribution in [0.1, 0.15) is 29.0 Å². The molecule has 0 N–H and O–H groups in total. The normalized spacial score (nSPS) is 12.2. The average Bonchev–Trinajstić information content (AvgIpc) is 2.69. The molecule has 0 aliphatic rings. The molecule has 0 aliphatic heterocycles. The first kappa shape index (κ1) is 17.5. The molecule has 0 radical (unpaired) electrons. The number of carbonyl (C=O) groups excluding carboxylic acids is 1. The number of hydrogen-bond acceptors (Lipinski definition) is 5. The summed E-state index contributed by atoms with van der Waals surface area (Å²) in [5.74, 6) is -0.302. The minimum atomic E-state index is -0.488. The lowest BCUT2D eigenvalue weighted by atomic mass is 10.1. The molecule has 3 rings (SSSR count). The Morgan fingerprint density at radius 2 is 1.73 bits per heavy atom. The molecule has 0 saturated carbocycles. The highest BCUT2D eigenvalue weighted by Gasteiger charge is 2.21. The largest absolute Gasteiger partial charge is 0.334 e. The van der Waals surface area contributed by atoms with E-state index in [9.17, 15) is 14.4 Å². The summed E-state index contributed by atoms with van der Waals surface area (Å²) in [6.07, 6.45) is 3.34. The Morgan fingerprint density at radius 3 is 2.38 bits per heavy atom. The number of nitrogens with zero attached hydrogens (tertiary/aromatic N) is 5.